The number of hydrogen-bond acceptors (Lipinski definition) is 5. The third kappa shape index (κ3) is 3.37. The van der Waals surface area contributed by atoms with Crippen LogP contribution in [0.15, 0.2) is 22.8 Å². The number of carbonyl (C=O) groups excluding carboxylic acids is 1. The first-order valence-electron chi connectivity index (χ1n) is 7.96. The minimum atomic E-state index is -0.617. The summed E-state index contributed by atoms with van der Waals surface area (Å²) in [6, 6.07) is 5.77. The molecule has 3 rings (SSSR count). The Morgan fingerprint density at radius 1 is 1.44 bits per heavy atom. The number of benzene rings is 1. The molecular formula is C18H20BrN3O3. The van der Waals surface area contributed by atoms with Gasteiger partial charge in [0.1, 0.15) is 11.7 Å². The van der Waals surface area contributed by atoms with E-state index in [0.29, 0.717) is 30.0 Å². The van der Waals surface area contributed by atoms with Crippen LogP contribution in [0.5, 0.6) is 0 Å². The zero-order valence-corrected chi connectivity index (χ0v) is 16.2. The van der Waals surface area contributed by atoms with Crippen molar-refractivity contribution < 1.29 is 14.3 Å². The van der Waals surface area contributed by atoms with Crippen LogP contribution < -0.4 is 5.32 Å². The molecule has 1 aromatic heterocycles. The molecule has 132 valence electrons. The molecule has 2 aromatic rings. The first-order valence-corrected chi connectivity index (χ1v) is 8.76. The largest absolute Gasteiger partial charge is 0.443 e. The number of aromatic nitrogens is 1. The van der Waals surface area contributed by atoms with Crippen LogP contribution in [0.4, 0.5) is 10.5 Å². The topological polar surface area (TPSA) is 76.3 Å². The monoisotopic (exact) mass is 405 g/mol. The molecular weight excluding hydrogens is 386 g/mol. The molecule has 0 aliphatic carbocycles. The second kappa shape index (κ2) is 6.04. The molecule has 1 aliphatic rings. The molecule has 0 spiro atoms. The maximum absolute atomic E-state index is 12.7. The van der Waals surface area contributed by atoms with Crippen LogP contribution in [0.1, 0.15) is 33.3 Å². The van der Waals surface area contributed by atoms with Gasteiger partial charge in [0.2, 0.25) is 0 Å². The van der Waals surface area contributed by atoms with Crippen LogP contribution in [-0.4, -0.2) is 35.0 Å². The van der Waals surface area contributed by atoms with E-state index in [0.717, 1.165) is 9.86 Å². The highest BCUT2D eigenvalue weighted by molar-refractivity contribution is 9.10. The van der Waals surface area contributed by atoms with Gasteiger partial charge < -0.3 is 14.8 Å². The van der Waals surface area contributed by atoms with E-state index in [1.807, 2.05) is 33.8 Å². The van der Waals surface area contributed by atoms with Crippen molar-refractivity contribution in [1.82, 2.24) is 4.57 Å². The molecule has 1 aromatic carbocycles. The third-order valence-corrected chi connectivity index (χ3v) is 4.53. The Morgan fingerprint density at radius 2 is 2.12 bits per heavy atom. The average molecular weight is 406 g/mol. The quantitative estimate of drug-likeness (QED) is 0.807. The van der Waals surface area contributed by atoms with Crippen LogP contribution in [0, 0.1) is 11.3 Å². The molecule has 1 aliphatic heterocycles. The van der Waals surface area contributed by atoms with Gasteiger partial charge in [0, 0.05) is 16.1 Å². The minimum Gasteiger partial charge on any atom is -0.443 e. The Bertz CT molecular complexity index is 886. The number of rotatable bonds is 2. The van der Waals surface area contributed by atoms with Crippen LogP contribution in [0.25, 0.3) is 10.9 Å². The van der Waals surface area contributed by atoms with E-state index < -0.39 is 11.7 Å². The number of ether oxygens (including phenoxy) is 2. The Balaban J connectivity index is 2.18. The van der Waals surface area contributed by atoms with Crippen LogP contribution in [0.3, 0.4) is 0 Å². The summed E-state index contributed by atoms with van der Waals surface area (Å²) in [6.45, 7) is 8.56. The zero-order valence-electron chi connectivity index (χ0n) is 14.6. The number of hydrogen-bond donors (Lipinski definition) is 1. The number of carbonyl (C=O) groups is 1. The Kier molecular flexibility index (Phi) is 4.30. The SMILES string of the molecule is CC1(Nc2c(C#N)ccc3c(Br)cn(C(=O)OC(C)(C)C)c23)COC1. The maximum atomic E-state index is 12.7. The predicted molar refractivity (Wildman–Crippen MR) is 98.8 cm³/mol. The highest BCUT2D eigenvalue weighted by Crippen LogP contribution is 2.36. The highest BCUT2D eigenvalue weighted by atomic mass is 79.9. The molecule has 0 atom stereocenters. The summed E-state index contributed by atoms with van der Waals surface area (Å²) in [4.78, 5) is 12.7. The Morgan fingerprint density at radius 3 is 2.64 bits per heavy atom. The van der Waals surface area contributed by atoms with Gasteiger partial charge in [-0.15, -0.1) is 0 Å². The second-order valence-electron chi connectivity index (χ2n) is 7.50. The number of halogens is 1. The molecule has 25 heavy (non-hydrogen) atoms. The molecule has 0 saturated carbocycles. The van der Waals surface area contributed by atoms with Gasteiger partial charge in [-0.25, -0.2) is 9.36 Å². The lowest BCUT2D eigenvalue weighted by molar-refractivity contribution is -0.0317. The van der Waals surface area contributed by atoms with E-state index in [9.17, 15) is 10.1 Å². The molecule has 7 heteroatoms. The Hall–Kier alpha value is -2.04. The van der Waals surface area contributed by atoms with Crippen LogP contribution >= 0.6 is 15.9 Å². The molecule has 0 bridgehead atoms. The lowest BCUT2D eigenvalue weighted by Gasteiger charge is -2.40. The van der Waals surface area contributed by atoms with Crippen molar-refractivity contribution in [3.8, 4) is 6.07 Å². The summed E-state index contributed by atoms with van der Waals surface area (Å²) in [6.07, 6.45) is 1.18. The van der Waals surface area contributed by atoms with E-state index in [1.165, 1.54) is 4.57 Å². The van der Waals surface area contributed by atoms with E-state index in [-0.39, 0.29) is 5.54 Å². The summed E-state index contributed by atoms with van der Waals surface area (Å²) < 4.78 is 13.0. The molecule has 0 unspecified atom stereocenters. The van der Waals surface area contributed by atoms with Gasteiger partial charge in [0.25, 0.3) is 0 Å². The van der Waals surface area contributed by atoms with Crippen molar-refractivity contribution in [1.29, 1.82) is 5.26 Å². The maximum Gasteiger partial charge on any atom is 0.419 e. The van der Waals surface area contributed by atoms with Crippen molar-refractivity contribution in [3.63, 3.8) is 0 Å². The fraction of sp³-hybridized carbons (Fsp3) is 0.444. The molecule has 1 N–H and O–H groups in total. The van der Waals surface area contributed by atoms with Gasteiger partial charge in [0.05, 0.1) is 35.5 Å². The minimum absolute atomic E-state index is 0.268. The highest BCUT2D eigenvalue weighted by Gasteiger charge is 2.35. The standard InChI is InChI=1S/C18H20BrN3O3/c1-17(2,3)25-16(23)22-8-13(19)12-6-5-11(7-20)14(15(12)22)21-18(4)9-24-10-18/h5-6,8,21H,9-10H2,1-4H3. The van der Waals surface area contributed by atoms with Crippen molar-refractivity contribution in [2.24, 2.45) is 0 Å². The lowest BCUT2D eigenvalue weighted by Crippen LogP contribution is -2.53. The molecule has 2 heterocycles. The first kappa shape index (κ1) is 17.8. The smallest absolute Gasteiger partial charge is 0.419 e. The van der Waals surface area contributed by atoms with Crippen molar-refractivity contribution >= 4 is 38.6 Å². The van der Waals surface area contributed by atoms with Gasteiger partial charge in [-0.1, -0.05) is 6.07 Å². The average Bonchev–Trinajstić information content (AvgIpc) is 2.82. The van der Waals surface area contributed by atoms with E-state index in [4.69, 9.17) is 9.47 Å². The van der Waals surface area contributed by atoms with E-state index in [2.05, 4.69) is 27.3 Å². The van der Waals surface area contributed by atoms with Crippen molar-refractivity contribution in [3.05, 3.63) is 28.4 Å². The number of anilines is 1. The first-order chi connectivity index (χ1) is 11.6. The number of nitrogens with one attached hydrogen (secondary N) is 1. The third-order valence-electron chi connectivity index (χ3n) is 3.90. The molecule has 6 nitrogen and oxygen atoms in total. The normalized spacial score (nSPS) is 16.2. The molecule has 0 amide bonds. The fourth-order valence-electron chi connectivity index (χ4n) is 2.74. The zero-order chi connectivity index (χ0) is 18.4. The number of nitriles is 1. The van der Waals surface area contributed by atoms with Gasteiger partial charge in [-0.3, -0.25) is 0 Å². The summed E-state index contributed by atoms with van der Waals surface area (Å²) in [5.74, 6) is 0. The van der Waals surface area contributed by atoms with E-state index in [1.54, 1.807) is 12.3 Å². The molecule has 1 fully saturated rings. The summed E-state index contributed by atoms with van der Waals surface area (Å²) in [5.41, 5.74) is 0.815. The van der Waals surface area contributed by atoms with Gasteiger partial charge in [-0.05, 0) is 49.7 Å². The van der Waals surface area contributed by atoms with Gasteiger partial charge in [0.15, 0.2) is 0 Å². The van der Waals surface area contributed by atoms with Crippen LogP contribution in [-0.2, 0) is 9.47 Å². The van der Waals surface area contributed by atoms with Crippen LogP contribution in [0.2, 0.25) is 0 Å². The van der Waals surface area contributed by atoms with Gasteiger partial charge >= 0.3 is 6.09 Å². The van der Waals surface area contributed by atoms with Crippen molar-refractivity contribution in [2.45, 2.75) is 38.8 Å². The molecule has 1 saturated heterocycles. The summed E-state index contributed by atoms with van der Waals surface area (Å²) in [5, 5.41) is 13.8. The summed E-state index contributed by atoms with van der Waals surface area (Å²) in [7, 11) is 0. The van der Waals surface area contributed by atoms with Crippen molar-refractivity contribution in [2.75, 3.05) is 18.5 Å². The number of nitrogens with zero attached hydrogens (tertiary/aromatic N) is 2. The van der Waals surface area contributed by atoms with Gasteiger partial charge in [-0.2, -0.15) is 5.26 Å². The second-order valence-corrected chi connectivity index (χ2v) is 8.36. The summed E-state index contributed by atoms with van der Waals surface area (Å²) >= 11 is 3.49. The lowest BCUT2D eigenvalue weighted by atomic mass is 9.98. The molecule has 0 radical (unpaired) electrons. The number of fused-ring (bicyclic) bond motifs is 1. The Labute approximate surface area is 154 Å². The predicted octanol–water partition coefficient (Wildman–Crippen LogP) is 4.26. The fourth-order valence-corrected chi connectivity index (χ4v) is 3.26. The van der Waals surface area contributed by atoms with E-state index >= 15 is 0 Å².